The summed E-state index contributed by atoms with van der Waals surface area (Å²) >= 11 is 5.73. The Kier molecular flexibility index (Phi) is 3.90. The summed E-state index contributed by atoms with van der Waals surface area (Å²) in [5, 5.41) is 11.9. The lowest BCUT2D eigenvalue weighted by molar-refractivity contribution is -0.116. The van der Waals surface area contributed by atoms with Gasteiger partial charge in [-0.2, -0.15) is 5.26 Å². The van der Waals surface area contributed by atoms with Crippen LogP contribution in [0.3, 0.4) is 0 Å². The van der Waals surface area contributed by atoms with Crippen molar-refractivity contribution < 1.29 is 4.79 Å². The third-order valence-electron chi connectivity index (χ3n) is 1.83. The van der Waals surface area contributed by atoms with Gasteiger partial charge in [0.15, 0.2) is 0 Å². The van der Waals surface area contributed by atoms with E-state index >= 15 is 0 Å². The smallest absolute Gasteiger partial charge is 0.243 e. The highest BCUT2D eigenvalue weighted by Gasteiger charge is 2.03. The maximum atomic E-state index is 10.9. The second-order valence-corrected chi connectivity index (χ2v) is 3.27. The molecule has 0 heterocycles. The number of hydrogen-bond acceptors (Lipinski definition) is 2. The van der Waals surface area contributed by atoms with E-state index in [-0.39, 0.29) is 5.91 Å². The molecule has 0 aliphatic carbocycles. The van der Waals surface area contributed by atoms with E-state index in [2.05, 4.69) is 11.9 Å². The van der Waals surface area contributed by atoms with Crippen molar-refractivity contribution in [1.29, 1.82) is 5.26 Å². The number of nitrogens with zero attached hydrogens (tertiary/aromatic N) is 1. The van der Waals surface area contributed by atoms with Gasteiger partial charge >= 0.3 is 0 Å². The molecule has 3 nitrogen and oxygen atoms in total. The van der Waals surface area contributed by atoms with Crippen LogP contribution in [-0.4, -0.2) is 5.91 Å². The molecule has 0 aliphatic heterocycles. The largest absolute Gasteiger partial charge is 0.348 e. The second kappa shape index (κ2) is 5.18. The van der Waals surface area contributed by atoms with Crippen LogP contribution in [-0.2, 0) is 11.3 Å². The highest BCUT2D eigenvalue weighted by atomic mass is 35.5. The third-order valence-corrected chi connectivity index (χ3v) is 2.07. The number of nitriles is 1. The lowest BCUT2D eigenvalue weighted by Gasteiger charge is -2.04. The first-order valence-electron chi connectivity index (χ1n) is 4.26. The summed E-state index contributed by atoms with van der Waals surface area (Å²) in [6.45, 7) is 3.63. The molecule has 1 N–H and O–H groups in total. The Bertz CT molecular complexity index is 435. The predicted octanol–water partition coefficient (Wildman–Crippen LogP) is 2.01. The van der Waals surface area contributed by atoms with Gasteiger partial charge in [-0.25, -0.2) is 0 Å². The van der Waals surface area contributed by atoms with Gasteiger partial charge in [-0.05, 0) is 23.8 Å². The number of benzene rings is 1. The molecule has 0 radical (unpaired) electrons. The SMILES string of the molecule is C=CC(=O)NCc1ccc(Cl)cc1C#N. The van der Waals surface area contributed by atoms with Gasteiger partial charge in [-0.1, -0.05) is 24.2 Å². The standard InChI is InChI=1S/C11H9ClN2O/c1-2-11(15)14-7-8-3-4-10(12)5-9(8)6-13/h2-5H,1,7H2,(H,14,15). The van der Waals surface area contributed by atoms with E-state index in [9.17, 15) is 4.79 Å². The van der Waals surface area contributed by atoms with E-state index in [0.29, 0.717) is 17.1 Å². The van der Waals surface area contributed by atoms with E-state index in [0.717, 1.165) is 5.56 Å². The van der Waals surface area contributed by atoms with Crippen LogP contribution in [0.5, 0.6) is 0 Å². The molecule has 0 saturated heterocycles. The number of nitrogens with one attached hydrogen (secondary N) is 1. The molecular weight excluding hydrogens is 212 g/mol. The summed E-state index contributed by atoms with van der Waals surface area (Å²) < 4.78 is 0. The molecule has 0 spiro atoms. The normalized spacial score (nSPS) is 9.07. The molecule has 1 aromatic rings. The maximum absolute atomic E-state index is 10.9. The number of carbonyl (C=O) groups is 1. The Labute approximate surface area is 93.0 Å². The zero-order chi connectivity index (χ0) is 11.3. The minimum Gasteiger partial charge on any atom is -0.348 e. The van der Waals surface area contributed by atoms with Crippen molar-refractivity contribution in [2.24, 2.45) is 0 Å². The van der Waals surface area contributed by atoms with Gasteiger partial charge in [0.1, 0.15) is 0 Å². The fourth-order valence-electron chi connectivity index (χ4n) is 1.06. The van der Waals surface area contributed by atoms with Crippen molar-refractivity contribution in [3.63, 3.8) is 0 Å². The molecule has 15 heavy (non-hydrogen) atoms. The number of halogens is 1. The molecular formula is C11H9ClN2O. The van der Waals surface area contributed by atoms with Crippen LogP contribution < -0.4 is 5.32 Å². The summed E-state index contributed by atoms with van der Waals surface area (Å²) in [5.74, 6) is -0.270. The highest BCUT2D eigenvalue weighted by Crippen LogP contribution is 2.15. The first-order valence-corrected chi connectivity index (χ1v) is 4.64. The average molecular weight is 221 g/mol. The Morgan fingerprint density at radius 1 is 1.67 bits per heavy atom. The van der Waals surface area contributed by atoms with Gasteiger partial charge in [0, 0.05) is 11.6 Å². The van der Waals surface area contributed by atoms with Crippen molar-refractivity contribution in [2.75, 3.05) is 0 Å². The molecule has 0 bridgehead atoms. The Hall–Kier alpha value is -1.79. The van der Waals surface area contributed by atoms with E-state index in [1.165, 1.54) is 6.08 Å². The molecule has 1 amide bonds. The van der Waals surface area contributed by atoms with Crippen molar-refractivity contribution in [1.82, 2.24) is 5.32 Å². The summed E-state index contributed by atoms with van der Waals surface area (Å²) in [7, 11) is 0. The topological polar surface area (TPSA) is 52.9 Å². The molecule has 0 fully saturated rings. The van der Waals surface area contributed by atoms with Gasteiger partial charge < -0.3 is 5.32 Å². The van der Waals surface area contributed by atoms with Crippen LogP contribution in [0.1, 0.15) is 11.1 Å². The molecule has 1 rings (SSSR count). The van der Waals surface area contributed by atoms with Crippen LogP contribution >= 0.6 is 11.6 Å². The van der Waals surface area contributed by atoms with Gasteiger partial charge in [0.25, 0.3) is 0 Å². The lowest BCUT2D eigenvalue weighted by atomic mass is 10.1. The van der Waals surface area contributed by atoms with Crippen molar-refractivity contribution in [3.8, 4) is 6.07 Å². The monoisotopic (exact) mass is 220 g/mol. The number of rotatable bonds is 3. The lowest BCUT2D eigenvalue weighted by Crippen LogP contribution is -2.20. The molecule has 0 saturated carbocycles. The summed E-state index contributed by atoms with van der Waals surface area (Å²) in [5.41, 5.74) is 1.20. The van der Waals surface area contributed by atoms with Crippen LogP contribution in [0, 0.1) is 11.3 Å². The van der Waals surface area contributed by atoms with Gasteiger partial charge in [0.05, 0.1) is 11.6 Å². The van der Waals surface area contributed by atoms with Crippen molar-refractivity contribution in [3.05, 3.63) is 47.0 Å². The summed E-state index contributed by atoms with van der Waals surface area (Å²) in [6, 6.07) is 6.97. The van der Waals surface area contributed by atoms with Crippen LogP contribution in [0.4, 0.5) is 0 Å². The Morgan fingerprint density at radius 2 is 2.40 bits per heavy atom. The first-order chi connectivity index (χ1) is 7.17. The minimum absolute atomic E-state index is 0.270. The Balaban J connectivity index is 2.82. The molecule has 76 valence electrons. The Morgan fingerprint density at radius 3 is 3.00 bits per heavy atom. The summed E-state index contributed by atoms with van der Waals surface area (Å²) in [4.78, 5) is 10.9. The first kappa shape index (κ1) is 11.3. The van der Waals surface area contributed by atoms with Crippen LogP contribution in [0.25, 0.3) is 0 Å². The highest BCUT2D eigenvalue weighted by molar-refractivity contribution is 6.30. The summed E-state index contributed by atoms with van der Waals surface area (Å²) in [6.07, 6.45) is 1.18. The second-order valence-electron chi connectivity index (χ2n) is 2.84. The molecule has 0 aliphatic rings. The minimum atomic E-state index is -0.270. The van der Waals surface area contributed by atoms with Crippen molar-refractivity contribution >= 4 is 17.5 Å². The molecule has 0 aromatic heterocycles. The quantitative estimate of drug-likeness (QED) is 0.793. The maximum Gasteiger partial charge on any atom is 0.243 e. The van der Waals surface area contributed by atoms with Gasteiger partial charge in [0.2, 0.25) is 5.91 Å². The number of hydrogen-bond donors (Lipinski definition) is 1. The van der Waals surface area contributed by atoms with Gasteiger partial charge in [-0.15, -0.1) is 0 Å². The number of carbonyl (C=O) groups excluding carboxylic acids is 1. The molecule has 4 heteroatoms. The zero-order valence-electron chi connectivity index (χ0n) is 7.96. The third kappa shape index (κ3) is 3.12. The van der Waals surface area contributed by atoms with Crippen LogP contribution in [0.15, 0.2) is 30.9 Å². The van der Waals surface area contributed by atoms with E-state index in [1.54, 1.807) is 18.2 Å². The van der Waals surface area contributed by atoms with Gasteiger partial charge in [-0.3, -0.25) is 4.79 Å². The molecule has 0 unspecified atom stereocenters. The van der Waals surface area contributed by atoms with E-state index < -0.39 is 0 Å². The number of amides is 1. The molecule has 1 aromatic carbocycles. The fraction of sp³-hybridized carbons (Fsp3) is 0.0909. The van der Waals surface area contributed by atoms with Crippen LogP contribution in [0.2, 0.25) is 5.02 Å². The van der Waals surface area contributed by atoms with Crippen molar-refractivity contribution in [2.45, 2.75) is 6.54 Å². The van der Waals surface area contributed by atoms with E-state index in [4.69, 9.17) is 16.9 Å². The fourth-order valence-corrected chi connectivity index (χ4v) is 1.23. The molecule has 0 atom stereocenters. The zero-order valence-corrected chi connectivity index (χ0v) is 8.71. The van der Waals surface area contributed by atoms with E-state index in [1.807, 2.05) is 6.07 Å². The predicted molar refractivity (Wildman–Crippen MR) is 58.2 cm³/mol. The average Bonchev–Trinajstić information content (AvgIpc) is 2.26.